The normalized spacial score (nSPS) is 13.3. The number of para-hydroxylation sites is 1. The van der Waals surface area contributed by atoms with E-state index in [4.69, 9.17) is 4.42 Å². The first kappa shape index (κ1) is 33.2. The average molecular weight is 710 g/mol. The minimum atomic E-state index is -0.0606. The molecule has 0 unspecified atom stereocenters. The zero-order valence-electron chi connectivity index (χ0n) is 32.0. The van der Waals surface area contributed by atoms with Crippen molar-refractivity contribution in [1.29, 1.82) is 0 Å². The summed E-state index contributed by atoms with van der Waals surface area (Å²) in [6, 6.07) is 62.4. The van der Waals surface area contributed by atoms with E-state index in [1.54, 1.807) is 0 Å². The van der Waals surface area contributed by atoms with Gasteiger partial charge in [-0.1, -0.05) is 156 Å². The number of nitrogens with zero attached hydrogens (tertiary/aromatic N) is 1. The number of hydrogen-bond donors (Lipinski definition) is 0. The van der Waals surface area contributed by atoms with Crippen LogP contribution in [0.25, 0.3) is 66.1 Å². The lowest BCUT2D eigenvalue weighted by molar-refractivity contribution is 0.590. The van der Waals surface area contributed by atoms with Gasteiger partial charge in [-0.05, 0) is 103 Å². The molecule has 0 amide bonds. The van der Waals surface area contributed by atoms with Crippen molar-refractivity contribution in [3.05, 3.63) is 187 Å². The van der Waals surface area contributed by atoms with Gasteiger partial charge < -0.3 is 9.32 Å². The molecule has 1 aliphatic rings. The van der Waals surface area contributed by atoms with Gasteiger partial charge in [0.2, 0.25) is 0 Å². The fourth-order valence-corrected chi connectivity index (χ4v) is 8.87. The van der Waals surface area contributed by atoms with Gasteiger partial charge in [-0.15, -0.1) is 0 Å². The summed E-state index contributed by atoms with van der Waals surface area (Å²) < 4.78 is 6.49. The van der Waals surface area contributed by atoms with Crippen molar-refractivity contribution in [3.63, 3.8) is 0 Å². The van der Waals surface area contributed by atoms with Gasteiger partial charge in [0.25, 0.3) is 0 Å². The molecule has 0 atom stereocenters. The van der Waals surface area contributed by atoms with Crippen molar-refractivity contribution in [1.82, 2.24) is 0 Å². The van der Waals surface area contributed by atoms with Crippen LogP contribution in [-0.4, -0.2) is 0 Å². The predicted molar refractivity (Wildman–Crippen MR) is 233 cm³/mol. The van der Waals surface area contributed by atoms with Gasteiger partial charge in [0, 0.05) is 39.2 Å². The van der Waals surface area contributed by atoms with Crippen LogP contribution in [0.1, 0.15) is 51.3 Å². The quantitative estimate of drug-likeness (QED) is 0.177. The second-order valence-electron chi connectivity index (χ2n) is 16.6. The number of rotatable bonds is 5. The molecule has 2 nitrogen and oxygen atoms in total. The van der Waals surface area contributed by atoms with Crippen LogP contribution in [0.5, 0.6) is 0 Å². The lowest BCUT2D eigenvalue weighted by atomic mass is 9.82. The van der Waals surface area contributed by atoms with E-state index < -0.39 is 0 Å². The molecule has 55 heavy (non-hydrogen) atoms. The zero-order chi connectivity index (χ0) is 37.5. The van der Waals surface area contributed by atoms with E-state index in [9.17, 15) is 0 Å². The molecular weight excluding hydrogens is 667 g/mol. The summed E-state index contributed by atoms with van der Waals surface area (Å²) >= 11 is 0. The van der Waals surface area contributed by atoms with Crippen molar-refractivity contribution >= 4 is 49.8 Å². The van der Waals surface area contributed by atoms with E-state index in [1.165, 1.54) is 60.8 Å². The molecular formula is C53H43NO. The summed E-state index contributed by atoms with van der Waals surface area (Å²) in [6.45, 7) is 11.5. The molecule has 10 rings (SSSR count). The molecule has 1 aliphatic carbocycles. The highest BCUT2D eigenvalue weighted by molar-refractivity contribution is 6.08. The van der Waals surface area contributed by atoms with E-state index in [2.05, 4.69) is 197 Å². The molecule has 0 N–H and O–H groups in total. The molecule has 1 heterocycles. The van der Waals surface area contributed by atoms with Crippen molar-refractivity contribution < 1.29 is 4.42 Å². The minimum Gasteiger partial charge on any atom is -0.456 e. The van der Waals surface area contributed by atoms with Crippen LogP contribution in [0.4, 0.5) is 17.1 Å². The Bertz CT molecular complexity index is 2920. The predicted octanol–water partition coefficient (Wildman–Crippen LogP) is 15.1. The molecule has 0 fully saturated rings. The van der Waals surface area contributed by atoms with E-state index in [0.717, 1.165) is 39.0 Å². The fraction of sp³-hybridized carbons (Fsp3) is 0.132. The van der Waals surface area contributed by atoms with Gasteiger partial charge in [-0.2, -0.15) is 0 Å². The van der Waals surface area contributed by atoms with Crippen molar-refractivity contribution in [3.8, 4) is 33.4 Å². The molecule has 8 aromatic carbocycles. The minimum absolute atomic E-state index is 0.0606. The molecule has 0 saturated carbocycles. The van der Waals surface area contributed by atoms with Gasteiger partial charge in [-0.25, -0.2) is 0 Å². The Balaban J connectivity index is 1.19. The van der Waals surface area contributed by atoms with E-state index in [0.29, 0.717) is 0 Å². The monoisotopic (exact) mass is 709 g/mol. The van der Waals surface area contributed by atoms with Gasteiger partial charge >= 0.3 is 0 Å². The summed E-state index contributed by atoms with van der Waals surface area (Å²) in [4.78, 5) is 2.41. The molecule has 2 heteroatoms. The number of anilines is 3. The van der Waals surface area contributed by atoms with Gasteiger partial charge in [0.1, 0.15) is 11.2 Å². The summed E-state index contributed by atoms with van der Waals surface area (Å²) in [5.74, 6) is 0. The van der Waals surface area contributed by atoms with Gasteiger partial charge in [0.05, 0.1) is 5.69 Å². The first-order valence-corrected chi connectivity index (χ1v) is 19.3. The smallest absolute Gasteiger partial charge is 0.137 e. The third-order valence-electron chi connectivity index (χ3n) is 11.9. The van der Waals surface area contributed by atoms with Crippen molar-refractivity contribution in [2.75, 3.05) is 4.90 Å². The largest absolute Gasteiger partial charge is 0.456 e. The van der Waals surface area contributed by atoms with Crippen LogP contribution in [-0.2, 0) is 10.8 Å². The van der Waals surface area contributed by atoms with Crippen molar-refractivity contribution in [2.24, 2.45) is 0 Å². The van der Waals surface area contributed by atoms with E-state index in [1.807, 2.05) is 12.1 Å². The Morgan fingerprint density at radius 3 is 1.87 bits per heavy atom. The molecule has 1 aromatic heterocycles. The van der Waals surface area contributed by atoms with Gasteiger partial charge in [-0.3, -0.25) is 0 Å². The van der Waals surface area contributed by atoms with Crippen LogP contribution in [0.15, 0.2) is 174 Å². The standard InChI is InChI=1S/C53H43NO/c1-52(2,3)38-24-18-34(19-25-38)35-20-26-39(27-21-35)54(40-28-29-44-43-15-9-11-17-49(43)55-50(44)33-40)48-31-23-36-12-6-7-13-41(36)51(48)37-22-30-47-45(32-37)42-14-8-10-16-46(42)53(47,4)5/h6-33H,1-5H3. The highest BCUT2D eigenvalue weighted by Gasteiger charge is 2.35. The second-order valence-corrected chi connectivity index (χ2v) is 16.6. The number of fused-ring (bicyclic) bond motifs is 7. The lowest BCUT2D eigenvalue weighted by Gasteiger charge is -2.29. The maximum atomic E-state index is 6.49. The molecule has 0 saturated heterocycles. The van der Waals surface area contributed by atoms with Crippen LogP contribution in [0.3, 0.4) is 0 Å². The second kappa shape index (κ2) is 12.3. The topological polar surface area (TPSA) is 16.4 Å². The Kier molecular flexibility index (Phi) is 7.44. The molecule has 0 aliphatic heterocycles. The fourth-order valence-electron chi connectivity index (χ4n) is 8.87. The first-order valence-electron chi connectivity index (χ1n) is 19.3. The molecule has 266 valence electrons. The molecule has 0 spiro atoms. The summed E-state index contributed by atoms with van der Waals surface area (Å²) in [6.07, 6.45) is 0. The van der Waals surface area contributed by atoms with Crippen LogP contribution in [0, 0.1) is 0 Å². The Morgan fingerprint density at radius 2 is 1.09 bits per heavy atom. The highest BCUT2D eigenvalue weighted by atomic mass is 16.3. The average Bonchev–Trinajstić information content (AvgIpc) is 3.69. The maximum absolute atomic E-state index is 6.49. The summed E-state index contributed by atoms with van der Waals surface area (Å²) in [5, 5.41) is 4.68. The Hall–Kier alpha value is -6.38. The maximum Gasteiger partial charge on any atom is 0.137 e. The number of furan rings is 1. The SMILES string of the molecule is CC(C)(C)c1ccc(-c2ccc(N(c3ccc4c(c3)oc3ccccc34)c3ccc4ccccc4c3-c3ccc4c(c3)-c3ccccc3C4(C)C)cc2)cc1. The summed E-state index contributed by atoms with van der Waals surface area (Å²) in [5.41, 5.74) is 16.6. The Morgan fingerprint density at radius 1 is 0.473 bits per heavy atom. The zero-order valence-corrected chi connectivity index (χ0v) is 32.0. The van der Waals surface area contributed by atoms with Crippen molar-refractivity contribution in [2.45, 2.75) is 45.4 Å². The van der Waals surface area contributed by atoms with Crippen LogP contribution in [0.2, 0.25) is 0 Å². The third kappa shape index (κ3) is 5.39. The summed E-state index contributed by atoms with van der Waals surface area (Å²) in [7, 11) is 0. The molecule has 9 aromatic rings. The number of hydrogen-bond acceptors (Lipinski definition) is 2. The molecule has 0 radical (unpaired) electrons. The van der Waals surface area contributed by atoms with Crippen LogP contribution >= 0.6 is 0 Å². The van der Waals surface area contributed by atoms with Crippen LogP contribution < -0.4 is 4.90 Å². The highest BCUT2D eigenvalue weighted by Crippen LogP contribution is 2.52. The van der Waals surface area contributed by atoms with E-state index >= 15 is 0 Å². The molecule has 0 bridgehead atoms. The Labute approximate surface area is 323 Å². The third-order valence-corrected chi connectivity index (χ3v) is 11.9. The first-order chi connectivity index (χ1) is 26.6. The van der Waals surface area contributed by atoms with E-state index in [-0.39, 0.29) is 10.8 Å². The lowest BCUT2D eigenvalue weighted by Crippen LogP contribution is -2.14. The number of benzene rings is 8. The van der Waals surface area contributed by atoms with Gasteiger partial charge in [0.15, 0.2) is 0 Å².